The number of aliphatic hydroxyl groups is 4. The number of methoxy groups -OCH3 is 1. The number of ether oxygens (including phenoxy) is 1. The average molecular weight is 460 g/mol. The zero-order chi connectivity index (χ0) is 24.5. The number of carboxylic acids is 1. The highest BCUT2D eigenvalue weighted by molar-refractivity contribution is 5.92. The number of aldehydes is 1. The number of carbonyl (C=O) groups excluding carboxylic acids is 1. The van der Waals surface area contributed by atoms with Gasteiger partial charge in [0.25, 0.3) is 0 Å². The van der Waals surface area contributed by atoms with Crippen molar-refractivity contribution in [2.24, 2.45) is 0 Å². The Labute approximate surface area is 185 Å². The molecule has 11 nitrogen and oxygen atoms in total. The average Bonchev–Trinajstić information content (AvgIpc) is 2.81. The smallest absolute Gasteiger partial charge is 0.335 e. The van der Waals surface area contributed by atoms with Gasteiger partial charge < -0.3 is 39.8 Å². The summed E-state index contributed by atoms with van der Waals surface area (Å²) in [5.41, 5.74) is -4.33. The molecule has 0 spiro atoms. The Morgan fingerprint density at radius 2 is 1.79 bits per heavy atom. The lowest BCUT2D eigenvalue weighted by Gasteiger charge is -2.33. The highest BCUT2D eigenvalue weighted by Crippen LogP contribution is 2.42. The molecule has 0 amide bonds. The van der Waals surface area contributed by atoms with Gasteiger partial charge in [-0.15, -0.1) is 0 Å². The van der Waals surface area contributed by atoms with Crippen molar-refractivity contribution in [1.82, 2.24) is 0 Å². The van der Waals surface area contributed by atoms with Gasteiger partial charge in [-0.05, 0) is 6.07 Å². The lowest BCUT2D eigenvalue weighted by molar-refractivity contribution is -0.178. The van der Waals surface area contributed by atoms with Gasteiger partial charge in [-0.3, -0.25) is 9.59 Å². The molecular formula is C22H20O11. The predicted octanol–water partition coefficient (Wildman–Crippen LogP) is -0.272. The summed E-state index contributed by atoms with van der Waals surface area (Å²) < 4.78 is 10.9. The third kappa shape index (κ3) is 4.05. The summed E-state index contributed by atoms with van der Waals surface area (Å²) in [5.74, 6) is -3.08. The van der Waals surface area contributed by atoms with Gasteiger partial charge in [-0.1, -0.05) is 30.3 Å². The number of aliphatic hydroxyl groups excluding tert-OH is 3. The molecule has 4 unspecified atom stereocenters. The number of carbonyl (C=O) groups is 2. The first-order valence-corrected chi connectivity index (χ1v) is 9.46. The molecular weight excluding hydrogens is 440 g/mol. The van der Waals surface area contributed by atoms with E-state index in [4.69, 9.17) is 14.3 Å². The maximum Gasteiger partial charge on any atom is 0.335 e. The molecule has 11 heteroatoms. The second kappa shape index (κ2) is 9.00. The van der Waals surface area contributed by atoms with E-state index < -0.39 is 52.4 Å². The Balaban J connectivity index is 2.31. The third-order valence-electron chi connectivity index (χ3n) is 5.16. The van der Waals surface area contributed by atoms with Crippen LogP contribution in [0.3, 0.4) is 0 Å². The molecule has 1 aromatic heterocycles. The molecule has 1 heterocycles. The van der Waals surface area contributed by atoms with Gasteiger partial charge in [-0.25, -0.2) is 4.79 Å². The monoisotopic (exact) mass is 460 g/mol. The zero-order valence-corrected chi connectivity index (χ0v) is 17.1. The van der Waals surface area contributed by atoms with Gasteiger partial charge in [0, 0.05) is 17.2 Å². The van der Waals surface area contributed by atoms with E-state index in [9.17, 15) is 39.9 Å². The number of aromatic hydroxyl groups is 1. The summed E-state index contributed by atoms with van der Waals surface area (Å²) in [6, 6.07) is 10.2. The molecule has 0 aliphatic heterocycles. The van der Waals surface area contributed by atoms with E-state index in [-0.39, 0.29) is 23.0 Å². The van der Waals surface area contributed by atoms with Crippen LogP contribution in [0.25, 0.3) is 22.3 Å². The Hall–Kier alpha value is -3.77. The first-order valence-electron chi connectivity index (χ1n) is 9.46. The van der Waals surface area contributed by atoms with Crippen molar-refractivity contribution < 1.29 is 49.4 Å². The van der Waals surface area contributed by atoms with Gasteiger partial charge in [0.05, 0.1) is 7.11 Å². The van der Waals surface area contributed by atoms with Crippen LogP contribution < -0.4 is 10.2 Å². The van der Waals surface area contributed by atoms with Crippen LogP contribution >= 0.6 is 0 Å². The number of fused-ring (bicyclic) bond motifs is 1. The number of rotatable bonds is 8. The van der Waals surface area contributed by atoms with Crippen LogP contribution in [-0.2, 0) is 15.2 Å². The van der Waals surface area contributed by atoms with Gasteiger partial charge in [0.1, 0.15) is 29.1 Å². The Bertz CT molecular complexity index is 1250. The molecule has 0 bridgehead atoms. The summed E-state index contributed by atoms with van der Waals surface area (Å²) in [4.78, 5) is 35.5. The minimum atomic E-state index is -3.09. The van der Waals surface area contributed by atoms with E-state index in [1.807, 2.05) is 0 Å². The Morgan fingerprint density at radius 3 is 2.33 bits per heavy atom. The van der Waals surface area contributed by atoms with Crippen LogP contribution in [0.4, 0.5) is 0 Å². The molecule has 0 saturated carbocycles. The SMILES string of the molecule is COc1c(C(O)(C=O)C(O)C(O)C(O)C(=O)O)cc(O)c2c(=O)cc(-c3ccccc3)oc12. The lowest BCUT2D eigenvalue weighted by atomic mass is 9.83. The summed E-state index contributed by atoms with van der Waals surface area (Å²) in [6.45, 7) is 0. The number of hydrogen-bond acceptors (Lipinski definition) is 10. The van der Waals surface area contributed by atoms with E-state index in [1.54, 1.807) is 30.3 Å². The molecule has 2 aromatic carbocycles. The van der Waals surface area contributed by atoms with E-state index in [0.29, 0.717) is 5.56 Å². The summed E-state index contributed by atoms with van der Waals surface area (Å²) in [5, 5.41) is 59.8. The second-order valence-corrected chi connectivity index (χ2v) is 7.18. The minimum Gasteiger partial charge on any atom is -0.507 e. The topological polar surface area (TPSA) is 195 Å². The molecule has 0 aliphatic rings. The number of phenols is 1. The largest absolute Gasteiger partial charge is 0.507 e. The molecule has 0 saturated heterocycles. The summed E-state index contributed by atoms with van der Waals surface area (Å²) in [7, 11) is 1.09. The van der Waals surface area contributed by atoms with E-state index in [2.05, 4.69) is 0 Å². The third-order valence-corrected chi connectivity index (χ3v) is 5.16. The first kappa shape index (κ1) is 23.9. The van der Waals surface area contributed by atoms with Crippen molar-refractivity contribution in [2.45, 2.75) is 23.9 Å². The number of hydrogen-bond donors (Lipinski definition) is 6. The molecule has 174 valence electrons. The van der Waals surface area contributed by atoms with Crippen LogP contribution in [0, 0.1) is 0 Å². The van der Waals surface area contributed by atoms with Gasteiger partial charge in [-0.2, -0.15) is 0 Å². The van der Waals surface area contributed by atoms with Crippen LogP contribution in [0.1, 0.15) is 5.56 Å². The summed E-state index contributed by atoms with van der Waals surface area (Å²) >= 11 is 0. The fraction of sp³-hybridized carbons (Fsp3) is 0.227. The van der Waals surface area contributed by atoms with Crippen LogP contribution in [0.5, 0.6) is 11.5 Å². The number of phenolic OH excluding ortho intramolecular Hbond substituents is 1. The van der Waals surface area contributed by atoms with Crippen molar-refractivity contribution in [1.29, 1.82) is 0 Å². The number of carboxylic acid groups (broad SMARTS) is 1. The summed E-state index contributed by atoms with van der Waals surface area (Å²) in [6.07, 6.45) is -7.91. The fourth-order valence-corrected chi connectivity index (χ4v) is 3.41. The van der Waals surface area contributed by atoms with Crippen molar-refractivity contribution in [2.75, 3.05) is 7.11 Å². The highest BCUT2D eigenvalue weighted by Gasteiger charge is 2.48. The van der Waals surface area contributed by atoms with Crippen molar-refractivity contribution in [3.05, 3.63) is 58.3 Å². The molecule has 3 rings (SSSR count). The normalized spacial score (nSPS) is 15.9. The molecule has 0 fully saturated rings. The molecule has 6 N–H and O–H groups in total. The van der Waals surface area contributed by atoms with Gasteiger partial charge in [0.15, 0.2) is 34.8 Å². The number of benzene rings is 2. The van der Waals surface area contributed by atoms with Crippen LogP contribution in [0.2, 0.25) is 0 Å². The van der Waals surface area contributed by atoms with Crippen molar-refractivity contribution >= 4 is 23.2 Å². The van der Waals surface area contributed by atoms with Crippen LogP contribution in [-0.4, -0.2) is 68.3 Å². The Kier molecular flexibility index (Phi) is 6.51. The quantitative estimate of drug-likeness (QED) is 0.242. The maximum absolute atomic E-state index is 12.7. The van der Waals surface area contributed by atoms with Crippen LogP contribution in [0.15, 0.2) is 51.7 Å². The van der Waals surface area contributed by atoms with Gasteiger partial charge in [0.2, 0.25) is 0 Å². The molecule has 0 aliphatic carbocycles. The zero-order valence-electron chi connectivity index (χ0n) is 17.1. The van der Waals surface area contributed by atoms with E-state index in [0.717, 1.165) is 19.2 Å². The van der Waals surface area contributed by atoms with E-state index >= 15 is 0 Å². The number of aliphatic carboxylic acids is 1. The van der Waals surface area contributed by atoms with E-state index in [1.165, 1.54) is 0 Å². The fourth-order valence-electron chi connectivity index (χ4n) is 3.41. The lowest BCUT2D eigenvalue weighted by Crippen LogP contribution is -2.54. The maximum atomic E-state index is 12.7. The predicted molar refractivity (Wildman–Crippen MR) is 112 cm³/mol. The molecule has 3 aromatic rings. The standard InChI is InChI=1S/C22H20O11/c1-32-18-11(22(31,9-23)20(28)16(26)17(27)21(29)30)7-12(24)15-13(25)8-14(33-19(15)18)10-5-3-2-4-6-10/h2-9,16-17,20,24,26-28,31H,1H3,(H,29,30). The van der Waals surface area contributed by atoms with Crippen molar-refractivity contribution in [3.63, 3.8) is 0 Å². The molecule has 0 radical (unpaired) electrons. The second-order valence-electron chi connectivity index (χ2n) is 7.18. The highest BCUT2D eigenvalue weighted by atomic mass is 16.5. The minimum absolute atomic E-state index is 0.0551. The van der Waals surface area contributed by atoms with Gasteiger partial charge >= 0.3 is 5.97 Å². The Morgan fingerprint density at radius 1 is 1.15 bits per heavy atom. The molecule has 33 heavy (non-hydrogen) atoms. The van der Waals surface area contributed by atoms with Crippen molar-refractivity contribution in [3.8, 4) is 22.8 Å². The first-order chi connectivity index (χ1) is 15.6. The molecule has 4 atom stereocenters.